The van der Waals surface area contributed by atoms with Crippen molar-refractivity contribution in [2.75, 3.05) is 39.8 Å². The van der Waals surface area contributed by atoms with E-state index in [2.05, 4.69) is 18.7 Å². The van der Waals surface area contributed by atoms with Gasteiger partial charge in [-0.1, -0.05) is 49.7 Å². The number of ether oxygens (including phenoxy) is 2. The third-order valence-corrected chi connectivity index (χ3v) is 6.52. The Hall–Kier alpha value is -2.08. The van der Waals surface area contributed by atoms with Crippen LogP contribution in [0.2, 0.25) is 5.02 Å². The zero-order valence-electron chi connectivity index (χ0n) is 19.4. The number of methoxy groups -OCH3 is 1. The van der Waals surface area contributed by atoms with Gasteiger partial charge < -0.3 is 14.4 Å². The van der Waals surface area contributed by atoms with E-state index in [0.717, 1.165) is 62.4 Å². The molecule has 0 radical (unpaired) electrons. The summed E-state index contributed by atoms with van der Waals surface area (Å²) in [4.78, 5) is 17.1. The number of nitrogens with zero attached hydrogens (tertiary/aromatic N) is 2. The molecule has 174 valence electrons. The molecule has 0 unspecified atom stereocenters. The van der Waals surface area contributed by atoms with Crippen LogP contribution in [0.5, 0.6) is 5.75 Å². The Morgan fingerprint density at radius 1 is 1.03 bits per heavy atom. The molecule has 1 aliphatic heterocycles. The molecule has 1 fully saturated rings. The molecule has 0 spiro atoms. The summed E-state index contributed by atoms with van der Waals surface area (Å²) in [7, 11) is 1.67. The first-order chi connectivity index (χ1) is 15.5. The lowest BCUT2D eigenvalue weighted by Crippen LogP contribution is -2.51. The SMILES string of the molecule is CCC(CC)C(=O)N1CCN(C[C@H](OCc2cccc(OC)c2)c2ccc(Cl)cc2)CC1. The van der Waals surface area contributed by atoms with Crippen molar-refractivity contribution in [3.63, 3.8) is 0 Å². The molecular weight excluding hydrogens is 424 g/mol. The highest BCUT2D eigenvalue weighted by atomic mass is 35.5. The summed E-state index contributed by atoms with van der Waals surface area (Å²) >= 11 is 6.11. The zero-order valence-corrected chi connectivity index (χ0v) is 20.2. The number of hydrogen-bond acceptors (Lipinski definition) is 4. The van der Waals surface area contributed by atoms with Crippen molar-refractivity contribution in [2.45, 2.75) is 39.4 Å². The van der Waals surface area contributed by atoms with Crippen LogP contribution in [0.4, 0.5) is 0 Å². The van der Waals surface area contributed by atoms with E-state index in [9.17, 15) is 4.79 Å². The Bertz CT molecular complexity index is 846. The molecule has 32 heavy (non-hydrogen) atoms. The Morgan fingerprint density at radius 3 is 2.34 bits per heavy atom. The molecule has 1 aliphatic rings. The summed E-state index contributed by atoms with van der Waals surface area (Å²) in [5.74, 6) is 1.28. The van der Waals surface area contributed by atoms with E-state index in [1.165, 1.54) is 0 Å². The number of halogens is 1. The fourth-order valence-electron chi connectivity index (χ4n) is 4.17. The topological polar surface area (TPSA) is 42.0 Å². The molecule has 3 rings (SSSR count). The van der Waals surface area contributed by atoms with Gasteiger partial charge >= 0.3 is 0 Å². The Morgan fingerprint density at radius 2 is 1.72 bits per heavy atom. The van der Waals surface area contributed by atoms with Crippen LogP contribution in [-0.2, 0) is 16.1 Å². The molecule has 5 nitrogen and oxygen atoms in total. The monoisotopic (exact) mass is 458 g/mol. The maximum absolute atomic E-state index is 12.7. The number of carbonyl (C=O) groups is 1. The van der Waals surface area contributed by atoms with Gasteiger partial charge in [0.15, 0.2) is 0 Å². The molecule has 0 aliphatic carbocycles. The molecule has 0 saturated carbocycles. The number of benzene rings is 2. The molecule has 0 bridgehead atoms. The summed E-state index contributed by atoms with van der Waals surface area (Å²) in [6, 6.07) is 15.8. The van der Waals surface area contributed by atoms with Crippen LogP contribution in [0.1, 0.15) is 43.9 Å². The zero-order chi connectivity index (χ0) is 22.9. The number of amides is 1. The first kappa shape index (κ1) is 24.6. The lowest BCUT2D eigenvalue weighted by atomic mass is 10.0. The van der Waals surface area contributed by atoms with Gasteiger partial charge in [-0.15, -0.1) is 0 Å². The van der Waals surface area contributed by atoms with Crippen molar-refractivity contribution in [3.05, 3.63) is 64.7 Å². The van der Waals surface area contributed by atoms with Crippen molar-refractivity contribution >= 4 is 17.5 Å². The minimum Gasteiger partial charge on any atom is -0.497 e. The van der Waals surface area contributed by atoms with Crippen LogP contribution in [0.25, 0.3) is 0 Å². The van der Waals surface area contributed by atoms with Crippen LogP contribution < -0.4 is 4.74 Å². The largest absolute Gasteiger partial charge is 0.497 e. The molecule has 0 aromatic heterocycles. The van der Waals surface area contributed by atoms with Gasteiger partial charge in [-0.25, -0.2) is 0 Å². The summed E-state index contributed by atoms with van der Waals surface area (Å²) in [6.07, 6.45) is 1.73. The first-order valence-electron chi connectivity index (χ1n) is 11.5. The number of rotatable bonds is 10. The molecule has 2 aromatic carbocycles. The molecule has 6 heteroatoms. The van der Waals surface area contributed by atoms with Crippen LogP contribution in [-0.4, -0.2) is 55.5 Å². The van der Waals surface area contributed by atoms with Crippen LogP contribution >= 0.6 is 11.6 Å². The molecule has 1 heterocycles. The highest BCUT2D eigenvalue weighted by Gasteiger charge is 2.27. The van der Waals surface area contributed by atoms with Crippen LogP contribution in [0, 0.1) is 5.92 Å². The lowest BCUT2D eigenvalue weighted by molar-refractivity contribution is -0.137. The summed E-state index contributed by atoms with van der Waals surface area (Å²) in [6.45, 7) is 8.74. The predicted molar refractivity (Wildman–Crippen MR) is 129 cm³/mol. The molecular formula is C26H35ClN2O3. The average Bonchev–Trinajstić information content (AvgIpc) is 2.83. The van der Waals surface area contributed by atoms with Gasteiger partial charge in [0.2, 0.25) is 5.91 Å². The maximum atomic E-state index is 12.7. The Kier molecular flexibility index (Phi) is 9.39. The van der Waals surface area contributed by atoms with E-state index in [4.69, 9.17) is 21.1 Å². The van der Waals surface area contributed by atoms with Gasteiger partial charge in [-0.3, -0.25) is 9.69 Å². The minimum absolute atomic E-state index is 0.0836. The minimum atomic E-state index is -0.0836. The van der Waals surface area contributed by atoms with Crippen molar-refractivity contribution < 1.29 is 14.3 Å². The highest BCUT2D eigenvalue weighted by molar-refractivity contribution is 6.30. The molecule has 0 N–H and O–H groups in total. The van der Waals surface area contributed by atoms with Crippen molar-refractivity contribution in [1.82, 2.24) is 9.80 Å². The van der Waals surface area contributed by atoms with Gasteiger partial charge in [0.25, 0.3) is 0 Å². The third-order valence-electron chi connectivity index (χ3n) is 6.27. The second-order valence-electron chi connectivity index (χ2n) is 8.34. The highest BCUT2D eigenvalue weighted by Crippen LogP contribution is 2.24. The molecule has 2 aromatic rings. The van der Waals surface area contributed by atoms with E-state index >= 15 is 0 Å². The predicted octanol–water partition coefficient (Wildman–Crippen LogP) is 5.19. The Balaban J connectivity index is 1.63. The van der Waals surface area contributed by atoms with Crippen LogP contribution in [0.15, 0.2) is 48.5 Å². The standard InChI is InChI=1S/C26H35ClN2O3/c1-4-21(5-2)26(30)29-15-13-28(14-16-29)18-25(22-9-11-23(27)12-10-22)32-19-20-7-6-8-24(17-20)31-3/h6-12,17,21,25H,4-5,13-16,18-19H2,1-3H3/t25-/m0/s1. The van der Waals surface area contributed by atoms with Gasteiger partial charge in [-0.05, 0) is 48.2 Å². The summed E-state index contributed by atoms with van der Waals surface area (Å²) < 4.78 is 11.7. The fraction of sp³-hybridized carbons (Fsp3) is 0.500. The number of hydrogen-bond donors (Lipinski definition) is 0. The first-order valence-corrected chi connectivity index (χ1v) is 11.9. The number of piperazine rings is 1. The normalized spacial score (nSPS) is 15.7. The smallest absolute Gasteiger partial charge is 0.225 e. The van der Waals surface area contributed by atoms with Crippen molar-refractivity contribution in [1.29, 1.82) is 0 Å². The van der Waals surface area contributed by atoms with Gasteiger partial charge in [-0.2, -0.15) is 0 Å². The van der Waals surface area contributed by atoms with Crippen LogP contribution in [0.3, 0.4) is 0 Å². The second-order valence-corrected chi connectivity index (χ2v) is 8.78. The second kappa shape index (κ2) is 12.2. The van der Waals surface area contributed by atoms with Crippen molar-refractivity contribution in [3.8, 4) is 5.75 Å². The van der Waals surface area contributed by atoms with E-state index in [1.807, 2.05) is 53.4 Å². The van der Waals surface area contributed by atoms with Crippen molar-refractivity contribution in [2.24, 2.45) is 5.92 Å². The molecule has 1 amide bonds. The molecule has 1 saturated heterocycles. The quantitative estimate of drug-likeness (QED) is 0.491. The van der Waals surface area contributed by atoms with E-state index in [1.54, 1.807) is 7.11 Å². The Labute approximate surface area is 197 Å². The molecule has 1 atom stereocenters. The van der Waals surface area contributed by atoms with E-state index in [0.29, 0.717) is 17.5 Å². The van der Waals surface area contributed by atoms with E-state index in [-0.39, 0.29) is 12.0 Å². The van der Waals surface area contributed by atoms with Gasteiger partial charge in [0.1, 0.15) is 5.75 Å². The lowest BCUT2D eigenvalue weighted by Gasteiger charge is -2.37. The maximum Gasteiger partial charge on any atom is 0.225 e. The fourth-order valence-corrected chi connectivity index (χ4v) is 4.30. The summed E-state index contributed by atoms with van der Waals surface area (Å²) in [5.41, 5.74) is 2.18. The summed E-state index contributed by atoms with van der Waals surface area (Å²) in [5, 5.41) is 0.717. The van der Waals surface area contributed by atoms with E-state index < -0.39 is 0 Å². The van der Waals surface area contributed by atoms with Gasteiger partial charge in [0.05, 0.1) is 19.8 Å². The number of carbonyl (C=O) groups excluding carboxylic acids is 1. The third kappa shape index (κ3) is 6.71. The average molecular weight is 459 g/mol. The van der Waals surface area contributed by atoms with Gasteiger partial charge in [0, 0.05) is 43.7 Å².